The summed E-state index contributed by atoms with van der Waals surface area (Å²) in [6, 6.07) is 6.95. The Morgan fingerprint density at radius 2 is 2.11 bits per heavy atom. The molecule has 6 heteroatoms. The van der Waals surface area contributed by atoms with Gasteiger partial charge in [0, 0.05) is 25.8 Å². The zero-order valence-corrected chi connectivity index (χ0v) is 11.3. The van der Waals surface area contributed by atoms with Crippen molar-refractivity contribution < 1.29 is 9.59 Å². The number of nitrogens with two attached hydrogens (primary N) is 1. The molecule has 1 aromatic carbocycles. The van der Waals surface area contributed by atoms with Gasteiger partial charge in [-0.1, -0.05) is 12.1 Å². The molecular formula is C13H20N4O2. The third-order valence-corrected chi connectivity index (χ3v) is 2.52. The van der Waals surface area contributed by atoms with E-state index in [1.807, 2.05) is 19.1 Å². The lowest BCUT2D eigenvalue weighted by molar-refractivity contribution is -0.121. The van der Waals surface area contributed by atoms with Crippen molar-refractivity contribution in [3.8, 4) is 0 Å². The number of carbonyl (C=O) groups is 2. The van der Waals surface area contributed by atoms with E-state index >= 15 is 0 Å². The van der Waals surface area contributed by atoms with Crippen molar-refractivity contribution in [2.45, 2.75) is 13.5 Å². The molecule has 0 fully saturated rings. The lowest BCUT2D eigenvalue weighted by Crippen LogP contribution is -2.40. The van der Waals surface area contributed by atoms with Gasteiger partial charge in [0.1, 0.15) is 6.54 Å². The summed E-state index contributed by atoms with van der Waals surface area (Å²) in [7, 11) is 1.57. The SMILES string of the molecule is CCNC(=O)CN(C)C(=O)Nc1cccc(CN)c1. The fourth-order valence-corrected chi connectivity index (χ4v) is 1.54. The number of likely N-dealkylation sites (N-methyl/N-ethyl adjacent to an activating group) is 2. The van der Waals surface area contributed by atoms with Crippen LogP contribution in [0, 0.1) is 0 Å². The minimum Gasteiger partial charge on any atom is -0.355 e. The molecule has 0 atom stereocenters. The van der Waals surface area contributed by atoms with Crippen molar-refractivity contribution in [1.82, 2.24) is 10.2 Å². The van der Waals surface area contributed by atoms with E-state index in [0.717, 1.165) is 5.56 Å². The number of carbonyl (C=O) groups excluding carboxylic acids is 2. The number of nitrogens with one attached hydrogen (secondary N) is 2. The van der Waals surface area contributed by atoms with Crippen molar-refractivity contribution in [3.05, 3.63) is 29.8 Å². The van der Waals surface area contributed by atoms with Crippen molar-refractivity contribution in [1.29, 1.82) is 0 Å². The highest BCUT2D eigenvalue weighted by Crippen LogP contribution is 2.10. The van der Waals surface area contributed by atoms with Crippen molar-refractivity contribution in [2.75, 3.05) is 25.5 Å². The van der Waals surface area contributed by atoms with E-state index in [1.165, 1.54) is 4.90 Å². The van der Waals surface area contributed by atoms with Crippen LogP contribution in [0.1, 0.15) is 12.5 Å². The van der Waals surface area contributed by atoms with E-state index in [2.05, 4.69) is 10.6 Å². The fourth-order valence-electron chi connectivity index (χ4n) is 1.54. The molecule has 0 saturated heterocycles. The van der Waals surface area contributed by atoms with Gasteiger partial charge in [-0.25, -0.2) is 4.79 Å². The minimum atomic E-state index is -0.333. The quantitative estimate of drug-likeness (QED) is 0.733. The summed E-state index contributed by atoms with van der Waals surface area (Å²) in [5.41, 5.74) is 7.13. The van der Waals surface area contributed by atoms with Gasteiger partial charge in [0.25, 0.3) is 0 Å². The summed E-state index contributed by atoms with van der Waals surface area (Å²) < 4.78 is 0. The Bertz CT molecular complexity index is 448. The highest BCUT2D eigenvalue weighted by Gasteiger charge is 2.12. The van der Waals surface area contributed by atoms with Gasteiger partial charge in [-0.2, -0.15) is 0 Å². The number of urea groups is 1. The van der Waals surface area contributed by atoms with Crippen molar-refractivity contribution in [3.63, 3.8) is 0 Å². The summed E-state index contributed by atoms with van der Waals surface area (Å²) >= 11 is 0. The Balaban J connectivity index is 2.55. The molecule has 0 aliphatic rings. The average molecular weight is 264 g/mol. The molecule has 0 bridgehead atoms. The Morgan fingerprint density at radius 3 is 2.74 bits per heavy atom. The summed E-state index contributed by atoms with van der Waals surface area (Å²) in [6.45, 7) is 2.82. The van der Waals surface area contributed by atoms with Crippen LogP contribution in [0.4, 0.5) is 10.5 Å². The Kier molecular flexibility index (Phi) is 5.81. The smallest absolute Gasteiger partial charge is 0.322 e. The summed E-state index contributed by atoms with van der Waals surface area (Å²) in [5.74, 6) is -0.184. The van der Waals surface area contributed by atoms with E-state index < -0.39 is 0 Å². The number of rotatable bonds is 5. The maximum absolute atomic E-state index is 11.9. The predicted molar refractivity (Wildman–Crippen MR) is 74.7 cm³/mol. The second kappa shape index (κ2) is 7.38. The van der Waals surface area contributed by atoms with Crippen LogP contribution in [-0.2, 0) is 11.3 Å². The van der Waals surface area contributed by atoms with Gasteiger partial charge < -0.3 is 21.3 Å². The molecular weight excluding hydrogens is 244 g/mol. The molecule has 0 unspecified atom stereocenters. The van der Waals surface area contributed by atoms with E-state index in [4.69, 9.17) is 5.73 Å². The molecule has 3 amide bonds. The monoisotopic (exact) mass is 264 g/mol. The van der Waals surface area contributed by atoms with Crippen LogP contribution in [-0.4, -0.2) is 37.0 Å². The van der Waals surface area contributed by atoms with Gasteiger partial charge in [0.2, 0.25) is 5.91 Å². The molecule has 0 aliphatic heterocycles. The third kappa shape index (κ3) is 4.97. The molecule has 0 aliphatic carbocycles. The molecule has 19 heavy (non-hydrogen) atoms. The summed E-state index contributed by atoms with van der Waals surface area (Å²) in [5, 5.41) is 5.35. The highest BCUT2D eigenvalue weighted by molar-refractivity contribution is 5.92. The van der Waals surface area contributed by atoms with Gasteiger partial charge in [0.15, 0.2) is 0 Å². The topological polar surface area (TPSA) is 87.5 Å². The number of nitrogens with zero attached hydrogens (tertiary/aromatic N) is 1. The molecule has 0 saturated carbocycles. The molecule has 1 aromatic rings. The fraction of sp³-hybridized carbons (Fsp3) is 0.385. The maximum atomic E-state index is 11.9. The van der Waals surface area contributed by atoms with Crippen LogP contribution < -0.4 is 16.4 Å². The average Bonchev–Trinajstić information content (AvgIpc) is 2.39. The lowest BCUT2D eigenvalue weighted by Gasteiger charge is -2.17. The molecule has 0 radical (unpaired) electrons. The number of anilines is 1. The largest absolute Gasteiger partial charge is 0.355 e. The first-order chi connectivity index (χ1) is 9.06. The van der Waals surface area contributed by atoms with Gasteiger partial charge in [-0.3, -0.25) is 4.79 Å². The zero-order valence-electron chi connectivity index (χ0n) is 11.3. The number of amides is 3. The second-order valence-corrected chi connectivity index (χ2v) is 4.14. The van der Waals surface area contributed by atoms with Crippen LogP contribution in [0.2, 0.25) is 0 Å². The molecule has 1 rings (SSSR count). The van der Waals surface area contributed by atoms with Crippen LogP contribution in [0.15, 0.2) is 24.3 Å². The molecule has 6 nitrogen and oxygen atoms in total. The normalized spacial score (nSPS) is 9.84. The van der Waals surface area contributed by atoms with Gasteiger partial charge in [0.05, 0.1) is 0 Å². The Morgan fingerprint density at radius 1 is 1.37 bits per heavy atom. The molecule has 0 aromatic heterocycles. The molecule has 4 N–H and O–H groups in total. The van der Waals surface area contributed by atoms with Crippen molar-refractivity contribution >= 4 is 17.6 Å². The van der Waals surface area contributed by atoms with E-state index in [1.54, 1.807) is 19.2 Å². The first-order valence-electron chi connectivity index (χ1n) is 6.14. The van der Waals surface area contributed by atoms with Gasteiger partial charge >= 0.3 is 6.03 Å². The third-order valence-electron chi connectivity index (χ3n) is 2.52. The summed E-state index contributed by atoms with van der Waals surface area (Å²) in [6.07, 6.45) is 0. The van der Waals surface area contributed by atoms with Crippen LogP contribution in [0.5, 0.6) is 0 Å². The first-order valence-corrected chi connectivity index (χ1v) is 6.14. The summed E-state index contributed by atoms with van der Waals surface area (Å²) in [4.78, 5) is 24.5. The van der Waals surface area contributed by atoms with Crippen LogP contribution >= 0.6 is 0 Å². The minimum absolute atomic E-state index is 0.0241. The highest BCUT2D eigenvalue weighted by atomic mass is 16.2. The van der Waals surface area contributed by atoms with Gasteiger partial charge in [-0.05, 0) is 24.6 Å². The molecule has 0 spiro atoms. The Hall–Kier alpha value is -2.08. The van der Waals surface area contributed by atoms with Gasteiger partial charge in [-0.15, -0.1) is 0 Å². The van der Waals surface area contributed by atoms with E-state index in [9.17, 15) is 9.59 Å². The van der Waals surface area contributed by atoms with Crippen LogP contribution in [0.3, 0.4) is 0 Å². The number of hydrogen-bond donors (Lipinski definition) is 3. The number of hydrogen-bond acceptors (Lipinski definition) is 3. The lowest BCUT2D eigenvalue weighted by atomic mass is 10.2. The predicted octanol–water partition coefficient (Wildman–Crippen LogP) is 0.745. The standard InChI is InChI=1S/C13H20N4O2/c1-3-15-12(18)9-17(2)13(19)16-11-6-4-5-10(7-11)8-14/h4-7H,3,8-9,14H2,1-2H3,(H,15,18)(H,16,19). The van der Waals surface area contributed by atoms with E-state index in [0.29, 0.717) is 18.8 Å². The maximum Gasteiger partial charge on any atom is 0.322 e. The first kappa shape index (κ1) is 15.0. The van der Waals surface area contributed by atoms with Crippen LogP contribution in [0.25, 0.3) is 0 Å². The van der Waals surface area contributed by atoms with Crippen molar-refractivity contribution in [2.24, 2.45) is 5.73 Å². The second-order valence-electron chi connectivity index (χ2n) is 4.14. The molecule has 104 valence electrons. The number of benzene rings is 1. The zero-order chi connectivity index (χ0) is 14.3. The Labute approximate surface area is 113 Å². The molecule has 0 heterocycles. The van der Waals surface area contributed by atoms with E-state index in [-0.39, 0.29) is 18.5 Å².